The van der Waals surface area contributed by atoms with Crippen LogP contribution in [-0.4, -0.2) is 73.8 Å². The number of rotatable bonds is 5. The largest absolute Gasteiger partial charge is 0.333 e. The van der Waals surface area contributed by atoms with Gasteiger partial charge < -0.3 is 9.80 Å². The zero-order valence-corrected chi connectivity index (χ0v) is 14.1. The molecule has 0 N–H and O–H groups in total. The molecule has 7 nitrogen and oxygen atoms in total. The van der Waals surface area contributed by atoms with Crippen molar-refractivity contribution in [3.05, 3.63) is 29.6 Å². The minimum absolute atomic E-state index is 0.00980. The first-order valence-electron chi connectivity index (χ1n) is 7.34. The third-order valence-electron chi connectivity index (χ3n) is 3.82. The second-order valence-corrected chi connectivity index (χ2v) is 8.13. The topological polar surface area (TPSA) is 94.4 Å². The van der Waals surface area contributed by atoms with Gasteiger partial charge in [0.1, 0.15) is 11.8 Å². The molecule has 124 valence electrons. The maximum atomic E-state index is 12.7. The molecule has 0 radical (unpaired) electrons. The van der Waals surface area contributed by atoms with Gasteiger partial charge >= 0.3 is 0 Å². The predicted octanol–water partition coefficient (Wildman–Crippen LogP) is 0.144. The van der Waals surface area contributed by atoms with E-state index in [2.05, 4.69) is 4.98 Å². The van der Waals surface area contributed by atoms with Crippen molar-refractivity contribution in [2.24, 2.45) is 0 Å². The van der Waals surface area contributed by atoms with Gasteiger partial charge in [-0.05, 0) is 32.6 Å². The number of hydrogen-bond acceptors (Lipinski definition) is 6. The lowest BCUT2D eigenvalue weighted by atomic mass is 10.1. The number of aromatic nitrogens is 1. The van der Waals surface area contributed by atoms with Gasteiger partial charge in [0, 0.05) is 25.3 Å². The fourth-order valence-electron chi connectivity index (χ4n) is 2.53. The molecule has 0 aromatic carbocycles. The standard InChI is InChI=1S/C15H20N4O3S/c1-18(2)6-7-19(14-5-8-23(21,22)11-14)15(20)12-3-4-13(9-16)17-10-12/h3-4,10,14H,5-8,11H2,1-2H3. The maximum Gasteiger partial charge on any atom is 0.255 e. The quantitative estimate of drug-likeness (QED) is 0.759. The Morgan fingerprint density at radius 2 is 2.13 bits per heavy atom. The zero-order valence-electron chi connectivity index (χ0n) is 13.3. The van der Waals surface area contributed by atoms with Crippen LogP contribution in [0.3, 0.4) is 0 Å². The highest BCUT2D eigenvalue weighted by Gasteiger charge is 2.34. The SMILES string of the molecule is CN(C)CCN(C(=O)c1ccc(C#N)nc1)C1CCS(=O)(=O)C1. The van der Waals surface area contributed by atoms with E-state index in [4.69, 9.17) is 5.26 Å². The Kier molecular flexibility index (Phi) is 5.34. The average Bonchev–Trinajstić information content (AvgIpc) is 2.87. The van der Waals surface area contributed by atoms with E-state index in [9.17, 15) is 13.2 Å². The Morgan fingerprint density at radius 3 is 2.61 bits per heavy atom. The van der Waals surface area contributed by atoms with Crippen molar-refractivity contribution in [3.63, 3.8) is 0 Å². The van der Waals surface area contributed by atoms with Crippen molar-refractivity contribution >= 4 is 15.7 Å². The second kappa shape index (κ2) is 7.06. The van der Waals surface area contributed by atoms with Crippen LogP contribution in [0.5, 0.6) is 0 Å². The monoisotopic (exact) mass is 336 g/mol. The van der Waals surface area contributed by atoms with E-state index < -0.39 is 9.84 Å². The van der Waals surface area contributed by atoms with Crippen LogP contribution in [0, 0.1) is 11.3 Å². The van der Waals surface area contributed by atoms with E-state index in [1.165, 1.54) is 12.3 Å². The number of carbonyl (C=O) groups excluding carboxylic acids is 1. The van der Waals surface area contributed by atoms with E-state index in [-0.39, 0.29) is 29.1 Å². The summed E-state index contributed by atoms with van der Waals surface area (Å²) in [5.74, 6) is -0.115. The summed E-state index contributed by atoms with van der Waals surface area (Å²) in [5.41, 5.74) is 0.608. The van der Waals surface area contributed by atoms with Crippen LogP contribution in [0.4, 0.5) is 0 Å². The molecule has 1 saturated heterocycles. The lowest BCUT2D eigenvalue weighted by molar-refractivity contribution is 0.0683. The molecule has 0 spiro atoms. The minimum atomic E-state index is -3.07. The van der Waals surface area contributed by atoms with Crippen LogP contribution < -0.4 is 0 Å². The summed E-state index contributed by atoms with van der Waals surface area (Å²) >= 11 is 0. The van der Waals surface area contributed by atoms with Crippen LogP contribution in [0.25, 0.3) is 0 Å². The number of amides is 1. The summed E-state index contributed by atoms with van der Waals surface area (Å²) in [6.07, 6.45) is 1.83. The number of nitriles is 1. The molecule has 1 unspecified atom stereocenters. The summed E-state index contributed by atoms with van der Waals surface area (Å²) in [6.45, 7) is 1.10. The molecule has 0 saturated carbocycles. The van der Waals surface area contributed by atoms with Crippen molar-refractivity contribution in [3.8, 4) is 6.07 Å². The zero-order chi connectivity index (χ0) is 17.0. The third kappa shape index (κ3) is 4.50. The first-order chi connectivity index (χ1) is 10.8. The van der Waals surface area contributed by atoms with Crippen molar-refractivity contribution in [1.29, 1.82) is 5.26 Å². The highest BCUT2D eigenvalue weighted by molar-refractivity contribution is 7.91. The fourth-order valence-corrected chi connectivity index (χ4v) is 4.26. The van der Waals surface area contributed by atoms with Crippen molar-refractivity contribution in [2.45, 2.75) is 12.5 Å². The molecule has 1 fully saturated rings. The molecular formula is C15H20N4O3S. The summed E-state index contributed by atoms with van der Waals surface area (Å²) in [4.78, 5) is 20.2. The Bertz CT molecular complexity index is 707. The van der Waals surface area contributed by atoms with Crippen LogP contribution in [0.1, 0.15) is 22.5 Å². The van der Waals surface area contributed by atoms with Crippen molar-refractivity contribution < 1.29 is 13.2 Å². The normalized spacial score (nSPS) is 19.5. The molecule has 0 aliphatic carbocycles. The molecule has 8 heteroatoms. The minimum Gasteiger partial charge on any atom is -0.333 e. The number of hydrogen-bond donors (Lipinski definition) is 0. The summed E-state index contributed by atoms with van der Waals surface area (Å²) in [7, 11) is 0.729. The van der Waals surface area contributed by atoms with Gasteiger partial charge in [0.25, 0.3) is 5.91 Å². The summed E-state index contributed by atoms with van der Waals surface area (Å²) in [6, 6.07) is 4.65. The molecular weight excluding hydrogens is 316 g/mol. The Hall–Kier alpha value is -1.98. The molecule has 2 rings (SSSR count). The van der Waals surface area contributed by atoms with E-state index in [1.807, 2.05) is 25.1 Å². The Morgan fingerprint density at radius 1 is 1.39 bits per heavy atom. The van der Waals surface area contributed by atoms with E-state index in [0.29, 0.717) is 25.1 Å². The molecule has 1 aromatic heterocycles. The Balaban J connectivity index is 2.21. The third-order valence-corrected chi connectivity index (χ3v) is 5.57. The maximum absolute atomic E-state index is 12.7. The van der Waals surface area contributed by atoms with Gasteiger partial charge in [-0.2, -0.15) is 5.26 Å². The van der Waals surface area contributed by atoms with Crippen LogP contribution >= 0.6 is 0 Å². The van der Waals surface area contributed by atoms with Crippen LogP contribution in [0.2, 0.25) is 0 Å². The molecule has 1 aliphatic heterocycles. The number of nitrogens with zero attached hydrogens (tertiary/aromatic N) is 4. The van der Waals surface area contributed by atoms with Gasteiger partial charge in [-0.3, -0.25) is 4.79 Å². The first-order valence-corrected chi connectivity index (χ1v) is 9.17. The van der Waals surface area contributed by atoms with Crippen molar-refractivity contribution in [1.82, 2.24) is 14.8 Å². The first kappa shape index (κ1) is 17.4. The van der Waals surface area contributed by atoms with E-state index in [1.54, 1.807) is 11.0 Å². The fraction of sp³-hybridized carbons (Fsp3) is 0.533. The number of sulfone groups is 1. The highest BCUT2D eigenvalue weighted by atomic mass is 32.2. The average molecular weight is 336 g/mol. The van der Waals surface area contributed by atoms with Gasteiger partial charge in [0.2, 0.25) is 0 Å². The molecule has 1 aliphatic rings. The van der Waals surface area contributed by atoms with E-state index >= 15 is 0 Å². The number of pyridine rings is 1. The molecule has 23 heavy (non-hydrogen) atoms. The van der Waals surface area contributed by atoms with Gasteiger partial charge in [0.15, 0.2) is 9.84 Å². The number of likely N-dealkylation sites (N-methyl/N-ethyl adjacent to an activating group) is 1. The molecule has 2 heterocycles. The van der Waals surface area contributed by atoms with Gasteiger partial charge in [-0.15, -0.1) is 0 Å². The smallest absolute Gasteiger partial charge is 0.255 e. The summed E-state index contributed by atoms with van der Waals surface area (Å²) in [5, 5.41) is 8.77. The molecule has 1 atom stereocenters. The highest BCUT2D eigenvalue weighted by Crippen LogP contribution is 2.20. The van der Waals surface area contributed by atoms with Crippen LogP contribution in [0.15, 0.2) is 18.3 Å². The van der Waals surface area contributed by atoms with Gasteiger partial charge in [-0.1, -0.05) is 0 Å². The lowest BCUT2D eigenvalue weighted by Crippen LogP contribution is -2.44. The van der Waals surface area contributed by atoms with Gasteiger partial charge in [-0.25, -0.2) is 13.4 Å². The summed E-state index contributed by atoms with van der Waals surface area (Å²) < 4.78 is 23.5. The van der Waals surface area contributed by atoms with Crippen LogP contribution in [-0.2, 0) is 9.84 Å². The molecule has 0 bridgehead atoms. The number of carbonyl (C=O) groups is 1. The van der Waals surface area contributed by atoms with Gasteiger partial charge in [0.05, 0.1) is 17.1 Å². The second-order valence-electron chi connectivity index (χ2n) is 5.90. The molecule has 1 amide bonds. The Labute approximate surface area is 136 Å². The molecule has 1 aromatic rings. The van der Waals surface area contributed by atoms with Crippen molar-refractivity contribution in [2.75, 3.05) is 38.7 Å². The lowest BCUT2D eigenvalue weighted by Gasteiger charge is -2.29. The predicted molar refractivity (Wildman–Crippen MR) is 85.6 cm³/mol. The van der Waals surface area contributed by atoms with E-state index in [0.717, 1.165) is 0 Å².